The Labute approximate surface area is 183 Å². The van der Waals surface area contributed by atoms with Gasteiger partial charge in [-0.05, 0) is 36.4 Å². The minimum absolute atomic E-state index is 0.0443. The molecule has 4 heterocycles. The molecule has 0 spiro atoms. The average Bonchev–Trinajstić information content (AvgIpc) is 3.52. The fourth-order valence-electron chi connectivity index (χ4n) is 4.10. The van der Waals surface area contributed by atoms with Crippen molar-refractivity contribution in [2.24, 2.45) is 0 Å². The number of nitrogens with zero attached hydrogens (tertiary/aromatic N) is 4. The standard InChI is InChI=1S/C22H16F4N4OS/c23-15-6-2-1-5-13(15)17-7-3-9-29(17)21(31)14-12-27-30-19(22(24,25)26)11-16(28-20(14)30)18-8-4-10-32-18/h1-2,4-6,8,10-12,17H,3,7,9H2. The number of rotatable bonds is 3. The summed E-state index contributed by atoms with van der Waals surface area (Å²) < 4.78 is 56.3. The van der Waals surface area contributed by atoms with Crippen LogP contribution in [0.5, 0.6) is 0 Å². The van der Waals surface area contributed by atoms with Crippen molar-refractivity contribution in [3.05, 3.63) is 76.7 Å². The number of hydrogen-bond donors (Lipinski definition) is 0. The summed E-state index contributed by atoms with van der Waals surface area (Å²) in [7, 11) is 0. The first kappa shape index (κ1) is 20.6. The van der Waals surface area contributed by atoms with Gasteiger partial charge in [-0.3, -0.25) is 4.79 Å². The molecule has 164 valence electrons. The molecule has 0 aliphatic carbocycles. The molecule has 1 aromatic carbocycles. The maximum atomic E-state index is 14.4. The van der Waals surface area contributed by atoms with Gasteiger partial charge in [0, 0.05) is 12.1 Å². The molecule has 32 heavy (non-hydrogen) atoms. The molecule has 0 radical (unpaired) electrons. The number of alkyl halides is 3. The number of thiophene rings is 1. The van der Waals surface area contributed by atoms with Crippen molar-refractivity contribution in [3.63, 3.8) is 0 Å². The van der Waals surface area contributed by atoms with E-state index in [2.05, 4.69) is 10.1 Å². The van der Waals surface area contributed by atoms with Crippen LogP contribution in [0.25, 0.3) is 16.2 Å². The Bertz CT molecular complexity index is 1300. The fraction of sp³-hybridized carbons (Fsp3) is 0.227. The number of halogens is 4. The number of aromatic nitrogens is 3. The minimum atomic E-state index is -4.69. The van der Waals surface area contributed by atoms with Gasteiger partial charge in [0.2, 0.25) is 0 Å². The molecule has 3 aromatic heterocycles. The summed E-state index contributed by atoms with van der Waals surface area (Å²) in [5.74, 6) is -0.941. The zero-order chi connectivity index (χ0) is 22.5. The van der Waals surface area contributed by atoms with Gasteiger partial charge in [0.25, 0.3) is 5.91 Å². The van der Waals surface area contributed by atoms with Gasteiger partial charge in [-0.15, -0.1) is 11.3 Å². The van der Waals surface area contributed by atoms with Crippen molar-refractivity contribution in [1.82, 2.24) is 19.5 Å². The van der Waals surface area contributed by atoms with Gasteiger partial charge in [0.05, 0.1) is 22.8 Å². The SMILES string of the molecule is O=C(c1cnn2c(C(F)(F)F)cc(-c3cccs3)nc12)N1CCCC1c1ccccc1F. The second-order valence-electron chi connectivity index (χ2n) is 7.47. The lowest BCUT2D eigenvalue weighted by Gasteiger charge is -2.25. The zero-order valence-corrected chi connectivity index (χ0v) is 17.3. The Morgan fingerprint density at radius 2 is 1.97 bits per heavy atom. The Kier molecular flexibility index (Phi) is 4.96. The number of hydrogen-bond acceptors (Lipinski definition) is 4. The van der Waals surface area contributed by atoms with E-state index in [9.17, 15) is 22.4 Å². The van der Waals surface area contributed by atoms with Gasteiger partial charge >= 0.3 is 6.18 Å². The maximum Gasteiger partial charge on any atom is 0.433 e. The van der Waals surface area contributed by atoms with E-state index in [1.54, 1.807) is 35.7 Å². The van der Waals surface area contributed by atoms with Gasteiger partial charge < -0.3 is 4.90 Å². The maximum absolute atomic E-state index is 14.4. The van der Waals surface area contributed by atoms with E-state index in [0.29, 0.717) is 34.3 Å². The monoisotopic (exact) mass is 460 g/mol. The number of amides is 1. The van der Waals surface area contributed by atoms with Crippen LogP contribution >= 0.6 is 11.3 Å². The molecule has 1 atom stereocenters. The lowest BCUT2D eigenvalue weighted by molar-refractivity contribution is -0.142. The molecule has 0 bridgehead atoms. The molecular formula is C22H16F4N4OS. The topological polar surface area (TPSA) is 50.5 Å². The van der Waals surface area contributed by atoms with E-state index in [1.807, 2.05) is 0 Å². The summed E-state index contributed by atoms with van der Waals surface area (Å²) in [4.78, 5) is 19.8. The third-order valence-electron chi connectivity index (χ3n) is 5.54. The smallest absolute Gasteiger partial charge is 0.331 e. The molecule has 5 nitrogen and oxygen atoms in total. The molecule has 1 fully saturated rings. The fourth-order valence-corrected chi connectivity index (χ4v) is 4.79. The first-order chi connectivity index (χ1) is 15.3. The first-order valence-corrected chi connectivity index (χ1v) is 10.8. The van der Waals surface area contributed by atoms with E-state index >= 15 is 0 Å². The van der Waals surface area contributed by atoms with Crippen LogP contribution in [0.4, 0.5) is 17.6 Å². The summed E-state index contributed by atoms with van der Waals surface area (Å²) in [6.07, 6.45) is -2.36. The van der Waals surface area contributed by atoms with Crippen LogP contribution in [0, 0.1) is 5.82 Å². The molecule has 4 aromatic rings. The molecule has 1 saturated heterocycles. The van der Waals surface area contributed by atoms with Gasteiger partial charge in [-0.25, -0.2) is 13.9 Å². The average molecular weight is 460 g/mol. The molecule has 1 unspecified atom stereocenters. The van der Waals surface area contributed by atoms with Crippen molar-refractivity contribution < 1.29 is 22.4 Å². The number of fused-ring (bicyclic) bond motifs is 1. The van der Waals surface area contributed by atoms with Crippen LogP contribution in [0.1, 0.15) is 40.5 Å². The number of carbonyl (C=O) groups is 1. The van der Waals surface area contributed by atoms with E-state index in [-0.39, 0.29) is 16.9 Å². The summed E-state index contributed by atoms with van der Waals surface area (Å²) in [6, 6.07) is 10.0. The summed E-state index contributed by atoms with van der Waals surface area (Å²) >= 11 is 1.25. The largest absolute Gasteiger partial charge is 0.433 e. The number of benzene rings is 1. The van der Waals surface area contributed by atoms with Crippen molar-refractivity contribution in [2.75, 3.05) is 6.54 Å². The highest BCUT2D eigenvalue weighted by Gasteiger charge is 2.38. The van der Waals surface area contributed by atoms with Crippen molar-refractivity contribution >= 4 is 22.9 Å². The number of likely N-dealkylation sites (tertiary alicyclic amines) is 1. The summed E-state index contributed by atoms with van der Waals surface area (Å²) in [5, 5.41) is 5.57. The van der Waals surface area contributed by atoms with Crippen LogP contribution in [0.15, 0.2) is 54.0 Å². The molecule has 0 saturated carbocycles. The summed E-state index contributed by atoms with van der Waals surface area (Å²) in [6.45, 7) is 0.367. The molecule has 1 aliphatic heterocycles. The van der Waals surface area contributed by atoms with Crippen molar-refractivity contribution in [2.45, 2.75) is 25.1 Å². The predicted octanol–water partition coefficient (Wildman–Crippen LogP) is 5.59. The Morgan fingerprint density at radius 3 is 2.69 bits per heavy atom. The second kappa shape index (κ2) is 7.70. The molecule has 5 rings (SSSR count). The van der Waals surface area contributed by atoms with Gasteiger partial charge in [-0.2, -0.15) is 18.3 Å². The van der Waals surface area contributed by atoms with Crippen molar-refractivity contribution in [3.8, 4) is 10.6 Å². The van der Waals surface area contributed by atoms with Gasteiger partial charge in [0.1, 0.15) is 11.4 Å². The molecule has 1 aliphatic rings. The van der Waals surface area contributed by atoms with Crippen LogP contribution < -0.4 is 0 Å². The molecular weight excluding hydrogens is 444 g/mol. The van der Waals surface area contributed by atoms with Gasteiger partial charge in [-0.1, -0.05) is 24.3 Å². The third-order valence-corrected chi connectivity index (χ3v) is 6.44. The highest BCUT2D eigenvalue weighted by atomic mass is 32.1. The quantitative estimate of drug-likeness (QED) is 0.375. The Morgan fingerprint density at radius 1 is 1.16 bits per heavy atom. The minimum Gasteiger partial charge on any atom is -0.331 e. The molecule has 0 N–H and O–H groups in total. The normalized spacial score (nSPS) is 16.8. The van der Waals surface area contributed by atoms with Crippen LogP contribution in [0.2, 0.25) is 0 Å². The first-order valence-electron chi connectivity index (χ1n) is 9.90. The predicted molar refractivity (Wildman–Crippen MR) is 111 cm³/mol. The zero-order valence-electron chi connectivity index (χ0n) is 16.5. The van der Waals surface area contributed by atoms with Crippen LogP contribution in [0.3, 0.4) is 0 Å². The third kappa shape index (κ3) is 3.44. The van der Waals surface area contributed by atoms with Crippen LogP contribution in [-0.4, -0.2) is 31.9 Å². The second-order valence-corrected chi connectivity index (χ2v) is 8.42. The molecule has 10 heteroatoms. The lowest BCUT2D eigenvalue weighted by atomic mass is 10.0. The number of carbonyl (C=O) groups excluding carboxylic acids is 1. The lowest BCUT2D eigenvalue weighted by Crippen LogP contribution is -2.31. The van der Waals surface area contributed by atoms with E-state index in [1.165, 1.54) is 22.3 Å². The Balaban J connectivity index is 1.62. The Hall–Kier alpha value is -3.27. The van der Waals surface area contributed by atoms with E-state index < -0.39 is 29.6 Å². The highest BCUT2D eigenvalue weighted by Crippen LogP contribution is 2.37. The van der Waals surface area contributed by atoms with E-state index in [4.69, 9.17) is 0 Å². The van der Waals surface area contributed by atoms with Crippen LogP contribution in [-0.2, 0) is 6.18 Å². The summed E-state index contributed by atoms with van der Waals surface area (Å²) in [5.41, 5.74) is -0.735. The highest BCUT2D eigenvalue weighted by molar-refractivity contribution is 7.13. The van der Waals surface area contributed by atoms with E-state index in [0.717, 1.165) is 12.3 Å². The molecule has 1 amide bonds. The van der Waals surface area contributed by atoms with Crippen molar-refractivity contribution in [1.29, 1.82) is 0 Å². The van der Waals surface area contributed by atoms with Gasteiger partial charge in [0.15, 0.2) is 11.3 Å².